The molecule has 0 fully saturated rings. The highest BCUT2D eigenvalue weighted by atomic mass is 16.1. The largest absolute Gasteiger partial charge is 0.325 e. The molecule has 0 saturated carbocycles. The van der Waals surface area contributed by atoms with Crippen molar-refractivity contribution in [3.8, 4) is 12.1 Å². The van der Waals surface area contributed by atoms with Crippen molar-refractivity contribution in [2.24, 2.45) is 0 Å². The van der Waals surface area contributed by atoms with Crippen LogP contribution in [0.5, 0.6) is 0 Å². The van der Waals surface area contributed by atoms with Crippen molar-refractivity contribution in [1.29, 1.82) is 10.5 Å². The highest BCUT2D eigenvalue weighted by Crippen LogP contribution is 2.07. The van der Waals surface area contributed by atoms with Crippen LogP contribution in [0.3, 0.4) is 0 Å². The number of nitrogens with one attached hydrogen (secondary N) is 1. The van der Waals surface area contributed by atoms with Crippen LogP contribution in [0.25, 0.3) is 0 Å². The minimum absolute atomic E-state index is 0.0232. The number of benzene rings is 1. The fourth-order valence-corrected chi connectivity index (χ4v) is 1.58. The average molecular weight is 251 g/mol. The van der Waals surface area contributed by atoms with E-state index in [1.165, 1.54) is 10.9 Å². The Morgan fingerprint density at radius 1 is 1.26 bits per heavy atom. The summed E-state index contributed by atoms with van der Waals surface area (Å²) in [4.78, 5) is 15.6. The third kappa shape index (κ3) is 2.76. The van der Waals surface area contributed by atoms with E-state index in [0.717, 1.165) is 0 Å². The number of imidazole rings is 1. The lowest BCUT2D eigenvalue weighted by Crippen LogP contribution is -2.19. The van der Waals surface area contributed by atoms with Gasteiger partial charge in [0.2, 0.25) is 5.91 Å². The smallest absolute Gasteiger partial charge is 0.244 e. The van der Waals surface area contributed by atoms with Gasteiger partial charge in [0.05, 0.1) is 6.33 Å². The van der Waals surface area contributed by atoms with Crippen molar-refractivity contribution in [2.45, 2.75) is 6.54 Å². The third-order valence-corrected chi connectivity index (χ3v) is 2.42. The molecular weight excluding hydrogens is 242 g/mol. The van der Waals surface area contributed by atoms with Gasteiger partial charge in [-0.05, 0) is 12.1 Å². The molecule has 0 aliphatic rings. The molecule has 1 N–H and O–H groups in total. The summed E-state index contributed by atoms with van der Waals surface area (Å²) in [5, 5.41) is 20.4. The zero-order chi connectivity index (χ0) is 13.7. The fourth-order valence-electron chi connectivity index (χ4n) is 1.58. The van der Waals surface area contributed by atoms with E-state index in [1.807, 2.05) is 12.1 Å². The first-order valence-corrected chi connectivity index (χ1v) is 5.45. The summed E-state index contributed by atoms with van der Waals surface area (Å²) in [6.07, 6.45) is 1.31. The molecule has 0 radical (unpaired) electrons. The number of hydrogen-bond donors (Lipinski definition) is 1. The number of nitrogens with zero attached hydrogens (tertiary/aromatic N) is 4. The molecule has 0 spiro atoms. The van der Waals surface area contributed by atoms with Crippen LogP contribution in [0.15, 0.2) is 36.7 Å². The van der Waals surface area contributed by atoms with Crippen molar-refractivity contribution in [3.63, 3.8) is 0 Å². The van der Waals surface area contributed by atoms with Crippen LogP contribution in [0.2, 0.25) is 0 Å². The lowest BCUT2D eigenvalue weighted by molar-refractivity contribution is -0.116. The maximum absolute atomic E-state index is 11.8. The van der Waals surface area contributed by atoms with Gasteiger partial charge in [-0.1, -0.05) is 18.2 Å². The molecule has 0 unspecified atom stereocenters. The molecule has 0 aliphatic carbocycles. The topological polar surface area (TPSA) is 94.5 Å². The lowest BCUT2D eigenvalue weighted by atomic mass is 10.3. The van der Waals surface area contributed by atoms with Crippen molar-refractivity contribution in [1.82, 2.24) is 9.55 Å². The standard InChI is InChI=1S/C13H9N5O/c14-6-11-12(7-15)18(9-16-11)8-13(19)17-10-4-2-1-3-5-10/h1-5,9H,8H2,(H,17,19). The van der Waals surface area contributed by atoms with Crippen molar-refractivity contribution < 1.29 is 4.79 Å². The SMILES string of the molecule is N#Cc1ncn(CC(=O)Nc2ccccc2)c1C#N. The van der Waals surface area contributed by atoms with E-state index in [1.54, 1.807) is 30.3 Å². The number of rotatable bonds is 3. The number of carbonyl (C=O) groups excluding carboxylic acids is 1. The van der Waals surface area contributed by atoms with Crippen LogP contribution in [0.1, 0.15) is 11.4 Å². The lowest BCUT2D eigenvalue weighted by Gasteiger charge is -2.06. The number of hydrogen-bond acceptors (Lipinski definition) is 4. The Morgan fingerprint density at radius 3 is 2.63 bits per heavy atom. The van der Waals surface area contributed by atoms with E-state index in [2.05, 4.69) is 10.3 Å². The Morgan fingerprint density at radius 2 is 2.00 bits per heavy atom. The molecule has 0 aliphatic heterocycles. The van der Waals surface area contributed by atoms with Crippen LogP contribution < -0.4 is 5.32 Å². The molecule has 6 nitrogen and oxygen atoms in total. The van der Waals surface area contributed by atoms with Gasteiger partial charge in [-0.25, -0.2) is 4.98 Å². The summed E-state index contributed by atoms with van der Waals surface area (Å²) >= 11 is 0. The van der Waals surface area contributed by atoms with Gasteiger partial charge in [-0.2, -0.15) is 10.5 Å². The van der Waals surface area contributed by atoms with E-state index >= 15 is 0 Å². The monoisotopic (exact) mass is 251 g/mol. The van der Waals surface area contributed by atoms with E-state index in [9.17, 15) is 4.79 Å². The molecule has 6 heteroatoms. The zero-order valence-electron chi connectivity index (χ0n) is 9.87. The first-order chi connectivity index (χ1) is 9.24. The Hall–Kier alpha value is -3.12. The number of para-hydroxylation sites is 1. The van der Waals surface area contributed by atoms with Gasteiger partial charge in [-0.15, -0.1) is 0 Å². The summed E-state index contributed by atoms with van der Waals surface area (Å²) in [5.74, 6) is -0.287. The molecular formula is C13H9N5O. The van der Waals surface area contributed by atoms with Crippen molar-refractivity contribution >= 4 is 11.6 Å². The Kier molecular flexibility index (Phi) is 3.56. The van der Waals surface area contributed by atoms with Crippen molar-refractivity contribution in [3.05, 3.63) is 48.0 Å². The van der Waals surface area contributed by atoms with E-state index < -0.39 is 0 Å². The predicted octanol–water partition coefficient (Wildman–Crippen LogP) is 1.27. The molecule has 0 bridgehead atoms. The normalized spacial score (nSPS) is 9.37. The third-order valence-electron chi connectivity index (χ3n) is 2.42. The fraction of sp³-hybridized carbons (Fsp3) is 0.0769. The molecule has 19 heavy (non-hydrogen) atoms. The number of aromatic nitrogens is 2. The summed E-state index contributed by atoms with van der Waals surface area (Å²) in [6, 6.07) is 12.6. The molecule has 0 atom stereocenters. The van der Waals surface area contributed by atoms with Crippen LogP contribution >= 0.6 is 0 Å². The molecule has 2 rings (SSSR count). The van der Waals surface area contributed by atoms with Crippen LogP contribution in [-0.2, 0) is 11.3 Å². The Balaban J connectivity index is 2.10. The summed E-state index contributed by atoms with van der Waals surface area (Å²) in [5.41, 5.74) is 0.785. The first kappa shape index (κ1) is 12.3. The maximum atomic E-state index is 11.8. The summed E-state index contributed by atoms with van der Waals surface area (Å²) in [7, 11) is 0. The second-order valence-electron chi connectivity index (χ2n) is 3.71. The Bertz CT molecular complexity index is 675. The van der Waals surface area contributed by atoms with Crippen LogP contribution in [-0.4, -0.2) is 15.5 Å². The highest BCUT2D eigenvalue weighted by molar-refractivity contribution is 5.90. The van der Waals surface area contributed by atoms with Gasteiger partial charge in [0.1, 0.15) is 18.7 Å². The van der Waals surface area contributed by atoms with Crippen LogP contribution in [0, 0.1) is 22.7 Å². The minimum atomic E-state index is -0.287. The van der Waals surface area contributed by atoms with Gasteiger partial charge in [0, 0.05) is 5.69 Å². The molecule has 0 saturated heterocycles. The van der Waals surface area contributed by atoms with E-state index in [-0.39, 0.29) is 23.8 Å². The second-order valence-corrected chi connectivity index (χ2v) is 3.71. The molecule has 2 aromatic rings. The predicted molar refractivity (Wildman–Crippen MR) is 66.7 cm³/mol. The Labute approximate surface area is 109 Å². The number of anilines is 1. The van der Waals surface area contributed by atoms with Gasteiger partial charge < -0.3 is 9.88 Å². The number of amides is 1. The maximum Gasteiger partial charge on any atom is 0.244 e. The number of nitriles is 2. The molecule has 1 aromatic heterocycles. The van der Waals surface area contributed by atoms with Gasteiger partial charge in [0.25, 0.3) is 0 Å². The molecule has 1 aromatic carbocycles. The van der Waals surface area contributed by atoms with Gasteiger partial charge in [0.15, 0.2) is 11.4 Å². The summed E-state index contributed by atoms with van der Waals surface area (Å²) in [6.45, 7) is -0.0630. The van der Waals surface area contributed by atoms with E-state index in [0.29, 0.717) is 5.69 Å². The van der Waals surface area contributed by atoms with Gasteiger partial charge >= 0.3 is 0 Å². The number of carbonyl (C=O) groups is 1. The van der Waals surface area contributed by atoms with E-state index in [4.69, 9.17) is 10.5 Å². The van der Waals surface area contributed by atoms with Crippen molar-refractivity contribution in [2.75, 3.05) is 5.32 Å². The summed E-state index contributed by atoms with van der Waals surface area (Å²) < 4.78 is 1.34. The second kappa shape index (κ2) is 5.48. The highest BCUT2D eigenvalue weighted by Gasteiger charge is 2.12. The quantitative estimate of drug-likeness (QED) is 0.888. The minimum Gasteiger partial charge on any atom is -0.325 e. The first-order valence-electron chi connectivity index (χ1n) is 5.45. The molecule has 92 valence electrons. The average Bonchev–Trinajstić information content (AvgIpc) is 2.81. The molecule has 1 heterocycles. The zero-order valence-corrected chi connectivity index (χ0v) is 9.87. The van der Waals surface area contributed by atoms with Gasteiger partial charge in [-0.3, -0.25) is 4.79 Å². The van der Waals surface area contributed by atoms with Crippen LogP contribution in [0.4, 0.5) is 5.69 Å². The molecule has 1 amide bonds.